The van der Waals surface area contributed by atoms with E-state index in [-0.39, 0.29) is 23.4 Å². The van der Waals surface area contributed by atoms with E-state index in [0.29, 0.717) is 67.4 Å². The topological polar surface area (TPSA) is 124 Å². The lowest BCUT2D eigenvalue weighted by Crippen LogP contribution is -2.17. The number of hydrogen-bond acceptors (Lipinski definition) is 10. The van der Waals surface area contributed by atoms with Crippen LogP contribution in [0.3, 0.4) is 0 Å². The number of carbonyl (C=O) groups excluding carboxylic acids is 1. The molecule has 2 aromatic carbocycles. The number of sulfone groups is 1. The highest BCUT2D eigenvalue weighted by Gasteiger charge is 2.33. The highest BCUT2D eigenvalue weighted by atomic mass is 32.2. The molecule has 0 N–H and O–H groups in total. The van der Waals surface area contributed by atoms with Crippen LogP contribution in [-0.4, -0.2) is 64.0 Å². The number of carbonyl (C=O) groups is 1. The zero-order valence-corrected chi connectivity index (χ0v) is 26.1. The Morgan fingerprint density at radius 1 is 0.930 bits per heavy atom. The maximum absolute atomic E-state index is 13.5. The summed E-state index contributed by atoms with van der Waals surface area (Å²) in [6, 6.07) is 7.06. The average molecular weight is 617 g/mol. The van der Waals surface area contributed by atoms with Gasteiger partial charge in [-0.2, -0.15) is 0 Å². The van der Waals surface area contributed by atoms with Gasteiger partial charge in [-0.15, -0.1) is 0 Å². The largest absolute Gasteiger partial charge is 0.493 e. The zero-order chi connectivity index (χ0) is 31.0. The number of methoxy groups -OCH3 is 3. The number of benzene rings is 2. The van der Waals surface area contributed by atoms with Crippen molar-refractivity contribution in [3.63, 3.8) is 0 Å². The standard InChI is InChI=1S/C31H40N2O9S/c1-6-13-41-31-28(40-14-7-11-33-12-10-32-20-33)17-23(18-29(31)43(35,36)19-21(2)34)25-9-8-24(42-25)22-15-26(37-3)30(39-5)27(16-22)38-4/h10,12,15-18,20,24-25H,6-9,11,13-14,19H2,1-5H3. The van der Waals surface area contributed by atoms with Gasteiger partial charge in [0.1, 0.15) is 16.4 Å². The third kappa shape index (κ3) is 7.80. The molecule has 2 unspecified atom stereocenters. The molecule has 1 saturated heterocycles. The Morgan fingerprint density at radius 3 is 2.14 bits per heavy atom. The fourth-order valence-electron chi connectivity index (χ4n) is 5.08. The number of aromatic nitrogens is 2. The van der Waals surface area contributed by atoms with Crippen molar-refractivity contribution in [2.75, 3.05) is 40.3 Å². The van der Waals surface area contributed by atoms with Gasteiger partial charge in [0.2, 0.25) is 5.75 Å². The molecule has 11 nitrogen and oxygen atoms in total. The molecule has 234 valence electrons. The summed E-state index contributed by atoms with van der Waals surface area (Å²) in [5.74, 6) is 0.844. The first-order valence-electron chi connectivity index (χ1n) is 14.3. The summed E-state index contributed by atoms with van der Waals surface area (Å²) in [6.07, 6.45) is 7.20. The van der Waals surface area contributed by atoms with Gasteiger partial charge in [-0.1, -0.05) is 6.92 Å². The van der Waals surface area contributed by atoms with Crippen molar-refractivity contribution in [1.29, 1.82) is 0 Å². The van der Waals surface area contributed by atoms with Gasteiger partial charge >= 0.3 is 0 Å². The number of hydrogen-bond donors (Lipinski definition) is 0. The molecule has 2 atom stereocenters. The third-order valence-electron chi connectivity index (χ3n) is 7.05. The highest BCUT2D eigenvalue weighted by molar-refractivity contribution is 7.92. The number of Topliss-reactive ketones (excluding diaryl/α,β-unsaturated/α-hetero) is 1. The van der Waals surface area contributed by atoms with Crippen molar-refractivity contribution >= 4 is 15.6 Å². The molecule has 0 aliphatic carbocycles. The second-order valence-electron chi connectivity index (χ2n) is 10.3. The van der Waals surface area contributed by atoms with Gasteiger partial charge in [0, 0.05) is 18.9 Å². The molecule has 1 aliphatic heterocycles. The van der Waals surface area contributed by atoms with E-state index in [1.54, 1.807) is 46.0 Å². The summed E-state index contributed by atoms with van der Waals surface area (Å²) in [4.78, 5) is 15.9. The number of rotatable bonds is 16. The minimum Gasteiger partial charge on any atom is -0.493 e. The van der Waals surface area contributed by atoms with E-state index in [9.17, 15) is 13.2 Å². The summed E-state index contributed by atoms with van der Waals surface area (Å²) in [7, 11) is 0.639. The van der Waals surface area contributed by atoms with Crippen LogP contribution in [0.2, 0.25) is 0 Å². The van der Waals surface area contributed by atoms with Crippen LogP contribution in [0.5, 0.6) is 28.7 Å². The normalized spacial score (nSPS) is 16.6. The number of ketones is 1. The van der Waals surface area contributed by atoms with Crippen LogP contribution in [0, 0.1) is 0 Å². The molecular weight excluding hydrogens is 576 g/mol. The molecule has 1 fully saturated rings. The lowest BCUT2D eigenvalue weighted by Gasteiger charge is -2.21. The lowest BCUT2D eigenvalue weighted by atomic mass is 10.0. The summed E-state index contributed by atoms with van der Waals surface area (Å²) in [6.45, 7) is 4.47. The molecule has 12 heteroatoms. The molecular formula is C31H40N2O9S. The molecule has 1 aromatic heterocycles. The van der Waals surface area contributed by atoms with Crippen LogP contribution in [0.25, 0.3) is 0 Å². The molecule has 0 saturated carbocycles. The quantitative estimate of drug-likeness (QED) is 0.200. The summed E-state index contributed by atoms with van der Waals surface area (Å²) >= 11 is 0. The Labute approximate surface area is 252 Å². The van der Waals surface area contributed by atoms with Gasteiger partial charge in [0.15, 0.2) is 32.8 Å². The van der Waals surface area contributed by atoms with Crippen molar-refractivity contribution in [2.45, 2.75) is 63.2 Å². The minimum atomic E-state index is -4.02. The molecule has 0 amide bonds. The maximum Gasteiger partial charge on any atom is 0.203 e. The first-order chi connectivity index (χ1) is 20.7. The molecule has 3 aromatic rings. The van der Waals surface area contributed by atoms with E-state index >= 15 is 0 Å². The highest BCUT2D eigenvalue weighted by Crippen LogP contribution is 2.48. The summed E-state index contributed by atoms with van der Waals surface area (Å²) in [5, 5.41) is 0. The van der Waals surface area contributed by atoms with Gasteiger partial charge in [-0.25, -0.2) is 13.4 Å². The van der Waals surface area contributed by atoms with Gasteiger partial charge in [0.05, 0.1) is 53.1 Å². The first kappa shape index (κ1) is 32.2. The van der Waals surface area contributed by atoms with Gasteiger partial charge in [-0.3, -0.25) is 4.79 Å². The molecule has 0 bridgehead atoms. The fraction of sp³-hybridized carbons (Fsp3) is 0.484. The average Bonchev–Trinajstić information content (AvgIpc) is 3.70. The van der Waals surface area contributed by atoms with Gasteiger partial charge in [0.25, 0.3) is 0 Å². The molecule has 0 spiro atoms. The number of ether oxygens (including phenoxy) is 6. The third-order valence-corrected chi connectivity index (χ3v) is 8.81. The van der Waals surface area contributed by atoms with Gasteiger partial charge < -0.3 is 33.0 Å². The Balaban J connectivity index is 1.68. The molecule has 4 rings (SSSR count). The van der Waals surface area contributed by atoms with Crippen LogP contribution in [0.4, 0.5) is 0 Å². The summed E-state index contributed by atoms with van der Waals surface area (Å²) in [5.41, 5.74) is 1.48. The van der Waals surface area contributed by atoms with Gasteiger partial charge in [-0.05, 0) is 68.0 Å². The monoisotopic (exact) mass is 616 g/mol. The molecule has 1 aliphatic rings. The van der Waals surface area contributed by atoms with Crippen LogP contribution < -0.4 is 23.7 Å². The zero-order valence-electron chi connectivity index (χ0n) is 25.3. The Morgan fingerprint density at radius 2 is 1.58 bits per heavy atom. The lowest BCUT2D eigenvalue weighted by molar-refractivity contribution is -0.114. The van der Waals surface area contributed by atoms with E-state index in [4.69, 9.17) is 28.4 Å². The molecule has 2 heterocycles. The van der Waals surface area contributed by atoms with E-state index < -0.39 is 27.5 Å². The predicted molar refractivity (Wildman–Crippen MR) is 159 cm³/mol. The summed E-state index contributed by atoms with van der Waals surface area (Å²) < 4.78 is 64.0. The van der Waals surface area contributed by atoms with Crippen LogP contribution in [0.1, 0.15) is 62.9 Å². The van der Waals surface area contributed by atoms with E-state index in [1.807, 2.05) is 29.8 Å². The van der Waals surface area contributed by atoms with E-state index in [2.05, 4.69) is 4.98 Å². The Bertz CT molecular complexity index is 1460. The maximum atomic E-state index is 13.5. The van der Waals surface area contributed by atoms with Crippen molar-refractivity contribution in [3.05, 3.63) is 54.1 Å². The molecule has 0 radical (unpaired) electrons. The van der Waals surface area contributed by atoms with Crippen molar-refractivity contribution in [3.8, 4) is 28.7 Å². The van der Waals surface area contributed by atoms with E-state index in [0.717, 1.165) is 5.56 Å². The SMILES string of the molecule is CCCOc1c(OCCCn2ccnc2)cc(C2CCC(c3cc(OC)c(OC)c(OC)c3)O2)cc1S(=O)(=O)CC(C)=O. The van der Waals surface area contributed by atoms with Crippen molar-refractivity contribution in [2.24, 2.45) is 0 Å². The van der Waals surface area contributed by atoms with Crippen molar-refractivity contribution in [1.82, 2.24) is 9.55 Å². The fourth-order valence-corrected chi connectivity index (χ4v) is 6.52. The van der Waals surface area contributed by atoms with Crippen molar-refractivity contribution < 1.29 is 41.6 Å². The number of nitrogens with zero attached hydrogens (tertiary/aromatic N) is 2. The Hall–Kier alpha value is -3.77. The van der Waals surface area contributed by atoms with E-state index in [1.165, 1.54) is 6.92 Å². The molecule has 43 heavy (non-hydrogen) atoms. The first-order valence-corrected chi connectivity index (χ1v) is 15.9. The second kappa shape index (κ2) is 14.6. The number of imidazole rings is 1. The predicted octanol–water partition coefficient (Wildman–Crippen LogP) is 5.12. The Kier molecular flexibility index (Phi) is 10.9. The second-order valence-corrected chi connectivity index (χ2v) is 12.3. The number of aryl methyl sites for hydroxylation is 1. The van der Waals surface area contributed by atoms with Crippen LogP contribution in [-0.2, 0) is 25.9 Å². The van der Waals surface area contributed by atoms with Crippen LogP contribution >= 0.6 is 0 Å². The minimum absolute atomic E-state index is 0.0712. The van der Waals surface area contributed by atoms with Crippen LogP contribution in [0.15, 0.2) is 47.9 Å². The smallest absolute Gasteiger partial charge is 0.203 e.